The molecule has 2 saturated heterocycles. The van der Waals surface area contributed by atoms with Crippen LogP contribution in [0.3, 0.4) is 0 Å². The zero-order chi connectivity index (χ0) is 11.9. The van der Waals surface area contributed by atoms with Crippen molar-refractivity contribution in [2.75, 3.05) is 26.7 Å². The van der Waals surface area contributed by atoms with Crippen LogP contribution < -0.4 is 0 Å². The summed E-state index contributed by atoms with van der Waals surface area (Å²) in [6.07, 6.45) is 1.43. The SMILES string of the molecule is CN1CCC(C(=O)N2CC(=O)CC2(C)C)C1. The first-order valence-electron chi connectivity index (χ1n) is 5.92. The van der Waals surface area contributed by atoms with Gasteiger partial charge in [-0.15, -0.1) is 0 Å². The lowest BCUT2D eigenvalue weighted by molar-refractivity contribution is -0.139. The topological polar surface area (TPSA) is 40.6 Å². The summed E-state index contributed by atoms with van der Waals surface area (Å²) in [5.41, 5.74) is -0.282. The predicted molar refractivity (Wildman–Crippen MR) is 61.0 cm³/mol. The molecule has 90 valence electrons. The van der Waals surface area contributed by atoms with Crippen molar-refractivity contribution in [2.24, 2.45) is 5.92 Å². The summed E-state index contributed by atoms with van der Waals surface area (Å²) in [5.74, 6) is 0.445. The van der Waals surface area contributed by atoms with Crippen molar-refractivity contribution in [3.63, 3.8) is 0 Å². The standard InChI is InChI=1S/C12H20N2O2/c1-12(2)6-10(15)8-14(12)11(16)9-4-5-13(3)7-9/h9H,4-8H2,1-3H3. The van der Waals surface area contributed by atoms with E-state index >= 15 is 0 Å². The Kier molecular flexibility index (Phi) is 2.78. The van der Waals surface area contributed by atoms with Gasteiger partial charge in [0.15, 0.2) is 5.78 Å². The van der Waals surface area contributed by atoms with Gasteiger partial charge in [-0.3, -0.25) is 9.59 Å². The Bertz CT molecular complexity index is 325. The highest BCUT2D eigenvalue weighted by Gasteiger charge is 2.43. The maximum absolute atomic E-state index is 12.3. The Morgan fingerprint density at radius 3 is 2.56 bits per heavy atom. The maximum atomic E-state index is 12.3. The van der Waals surface area contributed by atoms with Gasteiger partial charge in [0, 0.05) is 18.5 Å². The van der Waals surface area contributed by atoms with Crippen LogP contribution in [0.2, 0.25) is 0 Å². The van der Waals surface area contributed by atoms with Gasteiger partial charge in [-0.2, -0.15) is 0 Å². The van der Waals surface area contributed by atoms with Crippen molar-refractivity contribution in [2.45, 2.75) is 32.2 Å². The zero-order valence-electron chi connectivity index (χ0n) is 10.3. The highest BCUT2D eigenvalue weighted by molar-refractivity contribution is 5.92. The number of Topliss-reactive ketones (excluding diaryl/α,β-unsaturated/α-hetero) is 1. The molecule has 2 fully saturated rings. The van der Waals surface area contributed by atoms with Crippen molar-refractivity contribution in [1.82, 2.24) is 9.80 Å². The van der Waals surface area contributed by atoms with Gasteiger partial charge in [-0.25, -0.2) is 0 Å². The fourth-order valence-electron chi connectivity index (χ4n) is 2.76. The van der Waals surface area contributed by atoms with Crippen molar-refractivity contribution in [3.8, 4) is 0 Å². The number of ketones is 1. The largest absolute Gasteiger partial charge is 0.330 e. The van der Waals surface area contributed by atoms with E-state index < -0.39 is 0 Å². The molecule has 1 amide bonds. The third-order valence-corrected chi connectivity index (χ3v) is 3.70. The van der Waals surface area contributed by atoms with Crippen LogP contribution in [0.4, 0.5) is 0 Å². The van der Waals surface area contributed by atoms with E-state index in [-0.39, 0.29) is 23.1 Å². The number of rotatable bonds is 1. The van der Waals surface area contributed by atoms with E-state index in [1.807, 2.05) is 20.9 Å². The molecule has 0 spiro atoms. The summed E-state index contributed by atoms with van der Waals surface area (Å²) in [7, 11) is 2.04. The lowest BCUT2D eigenvalue weighted by Crippen LogP contribution is -2.46. The molecule has 0 aromatic carbocycles. The second-order valence-corrected chi connectivity index (χ2v) is 5.70. The summed E-state index contributed by atoms with van der Waals surface area (Å²) in [4.78, 5) is 27.7. The Hall–Kier alpha value is -0.900. The number of nitrogens with zero attached hydrogens (tertiary/aromatic N) is 2. The molecule has 0 bridgehead atoms. The second-order valence-electron chi connectivity index (χ2n) is 5.70. The Morgan fingerprint density at radius 2 is 2.12 bits per heavy atom. The first kappa shape index (κ1) is 11.6. The molecule has 4 heteroatoms. The van der Waals surface area contributed by atoms with Gasteiger partial charge in [-0.1, -0.05) is 0 Å². The molecule has 2 aliphatic heterocycles. The molecule has 0 saturated carbocycles. The minimum atomic E-state index is -0.282. The van der Waals surface area contributed by atoms with Gasteiger partial charge < -0.3 is 9.80 Å². The van der Waals surface area contributed by atoms with E-state index in [2.05, 4.69) is 4.90 Å². The van der Waals surface area contributed by atoms with E-state index in [0.717, 1.165) is 19.5 Å². The maximum Gasteiger partial charge on any atom is 0.227 e. The second kappa shape index (κ2) is 3.84. The van der Waals surface area contributed by atoms with Gasteiger partial charge >= 0.3 is 0 Å². The average Bonchev–Trinajstić information content (AvgIpc) is 2.69. The number of hydrogen-bond donors (Lipinski definition) is 0. The van der Waals surface area contributed by atoms with Crippen molar-refractivity contribution < 1.29 is 9.59 Å². The van der Waals surface area contributed by atoms with Crippen LogP contribution in [-0.4, -0.2) is 53.7 Å². The van der Waals surface area contributed by atoms with Crippen LogP contribution in [-0.2, 0) is 9.59 Å². The number of carbonyl (C=O) groups is 2. The Morgan fingerprint density at radius 1 is 1.44 bits per heavy atom. The van der Waals surface area contributed by atoms with E-state index in [9.17, 15) is 9.59 Å². The third-order valence-electron chi connectivity index (χ3n) is 3.70. The Balaban J connectivity index is 2.07. The average molecular weight is 224 g/mol. The first-order chi connectivity index (χ1) is 7.40. The summed E-state index contributed by atoms with van der Waals surface area (Å²) < 4.78 is 0. The minimum Gasteiger partial charge on any atom is -0.330 e. The van der Waals surface area contributed by atoms with E-state index in [0.29, 0.717) is 13.0 Å². The lowest BCUT2D eigenvalue weighted by atomic mass is 9.99. The molecule has 16 heavy (non-hydrogen) atoms. The van der Waals surface area contributed by atoms with Crippen molar-refractivity contribution in [3.05, 3.63) is 0 Å². The molecule has 1 unspecified atom stereocenters. The molecule has 0 aliphatic carbocycles. The third kappa shape index (κ3) is 1.98. The molecular formula is C12H20N2O2. The molecule has 2 heterocycles. The quantitative estimate of drug-likeness (QED) is 0.652. The zero-order valence-corrected chi connectivity index (χ0v) is 10.3. The van der Waals surface area contributed by atoms with Gasteiger partial charge in [0.25, 0.3) is 0 Å². The fourth-order valence-corrected chi connectivity index (χ4v) is 2.76. The molecule has 1 atom stereocenters. The normalized spacial score (nSPS) is 30.1. The highest BCUT2D eigenvalue weighted by atomic mass is 16.2. The van der Waals surface area contributed by atoms with Crippen LogP contribution in [0.1, 0.15) is 26.7 Å². The number of likely N-dealkylation sites (tertiary alicyclic amines) is 2. The molecule has 2 rings (SSSR count). The molecule has 0 N–H and O–H groups in total. The van der Waals surface area contributed by atoms with Gasteiger partial charge in [0.1, 0.15) is 0 Å². The van der Waals surface area contributed by atoms with Crippen LogP contribution >= 0.6 is 0 Å². The van der Waals surface area contributed by atoms with Gasteiger partial charge in [0.05, 0.1) is 12.5 Å². The van der Waals surface area contributed by atoms with Crippen molar-refractivity contribution >= 4 is 11.7 Å². The summed E-state index contributed by atoms with van der Waals surface area (Å²) >= 11 is 0. The molecular weight excluding hydrogens is 204 g/mol. The lowest BCUT2D eigenvalue weighted by Gasteiger charge is -2.32. The molecule has 2 aliphatic rings. The molecule has 0 aromatic heterocycles. The monoisotopic (exact) mass is 224 g/mol. The first-order valence-corrected chi connectivity index (χ1v) is 5.92. The summed E-state index contributed by atoms with van der Waals surface area (Å²) in [6.45, 7) is 6.09. The Labute approximate surface area is 96.6 Å². The van der Waals surface area contributed by atoms with E-state index in [4.69, 9.17) is 0 Å². The minimum absolute atomic E-state index is 0.0928. The van der Waals surface area contributed by atoms with Crippen LogP contribution in [0.5, 0.6) is 0 Å². The van der Waals surface area contributed by atoms with Crippen LogP contribution in [0.25, 0.3) is 0 Å². The predicted octanol–water partition coefficient (Wildman–Crippen LogP) is 0.518. The summed E-state index contributed by atoms with van der Waals surface area (Å²) in [6, 6.07) is 0. The number of hydrogen-bond acceptors (Lipinski definition) is 3. The molecule has 0 radical (unpaired) electrons. The number of amides is 1. The van der Waals surface area contributed by atoms with Crippen LogP contribution in [0.15, 0.2) is 0 Å². The number of carbonyl (C=O) groups excluding carboxylic acids is 2. The highest BCUT2D eigenvalue weighted by Crippen LogP contribution is 2.29. The summed E-state index contributed by atoms with van der Waals surface area (Å²) in [5, 5.41) is 0. The smallest absolute Gasteiger partial charge is 0.227 e. The van der Waals surface area contributed by atoms with E-state index in [1.165, 1.54) is 0 Å². The molecule has 0 aromatic rings. The van der Waals surface area contributed by atoms with E-state index in [1.54, 1.807) is 4.90 Å². The van der Waals surface area contributed by atoms with Gasteiger partial charge in [0.2, 0.25) is 5.91 Å². The van der Waals surface area contributed by atoms with Crippen molar-refractivity contribution in [1.29, 1.82) is 0 Å². The molecule has 4 nitrogen and oxygen atoms in total. The fraction of sp³-hybridized carbons (Fsp3) is 0.833. The van der Waals surface area contributed by atoms with Gasteiger partial charge in [-0.05, 0) is 33.9 Å². The van der Waals surface area contributed by atoms with Crippen LogP contribution in [0, 0.1) is 5.92 Å².